The van der Waals surface area contributed by atoms with Crippen molar-refractivity contribution in [1.29, 1.82) is 10.5 Å². The van der Waals surface area contributed by atoms with Crippen LogP contribution in [-0.4, -0.2) is 12.2 Å². The van der Waals surface area contributed by atoms with Gasteiger partial charge in [0.25, 0.3) is 0 Å². The molecule has 1 aliphatic rings. The summed E-state index contributed by atoms with van der Waals surface area (Å²) >= 11 is 3.59. The first-order chi connectivity index (χ1) is 16.0. The van der Waals surface area contributed by atoms with E-state index in [-0.39, 0.29) is 23.8 Å². The lowest BCUT2D eigenvalue weighted by Gasteiger charge is -2.27. The van der Waals surface area contributed by atoms with Gasteiger partial charge in [-0.1, -0.05) is 40.2 Å². The van der Waals surface area contributed by atoms with E-state index in [1.165, 1.54) is 19.2 Å². The second-order valence-electron chi connectivity index (χ2n) is 7.23. The van der Waals surface area contributed by atoms with Crippen LogP contribution in [0.25, 0.3) is 0 Å². The molecule has 0 radical (unpaired) electrons. The number of ether oxygens (including phenoxy) is 3. The third kappa shape index (κ3) is 4.17. The van der Waals surface area contributed by atoms with Crippen LogP contribution in [0.4, 0.5) is 0 Å². The van der Waals surface area contributed by atoms with Gasteiger partial charge in [-0.05, 0) is 29.8 Å². The Morgan fingerprint density at radius 2 is 1.85 bits per heavy atom. The highest BCUT2D eigenvalue weighted by Gasteiger charge is 2.33. The number of aromatic hydroxyl groups is 1. The summed E-state index contributed by atoms with van der Waals surface area (Å²) in [6, 6.07) is 19.7. The average Bonchev–Trinajstić information content (AvgIpc) is 2.82. The fraction of sp³-hybridized carbons (Fsp3) is 0.120. The molecule has 1 heterocycles. The molecule has 0 amide bonds. The number of phenols is 1. The summed E-state index contributed by atoms with van der Waals surface area (Å²) in [5.41, 5.74) is 8.95. The van der Waals surface area contributed by atoms with Crippen LogP contribution in [-0.2, 0) is 6.61 Å². The van der Waals surface area contributed by atoms with Crippen LogP contribution in [0.1, 0.15) is 28.2 Å². The van der Waals surface area contributed by atoms with Gasteiger partial charge in [0.1, 0.15) is 29.7 Å². The number of nitriles is 2. The molecular weight excluding hydrogens is 486 g/mol. The van der Waals surface area contributed by atoms with Crippen LogP contribution in [0.2, 0.25) is 0 Å². The Bertz CT molecular complexity index is 1350. The number of allylic oxidation sites excluding steroid dienone is 1. The van der Waals surface area contributed by atoms with Gasteiger partial charge in [0.05, 0.1) is 24.7 Å². The largest absolute Gasteiger partial charge is 0.508 e. The maximum Gasteiger partial charge on any atom is 0.205 e. The number of halogens is 1. The molecule has 0 aromatic heterocycles. The molecule has 1 aliphatic heterocycles. The number of phenolic OH excluding ortho intramolecular Hbond substituents is 1. The molecule has 7 nitrogen and oxygen atoms in total. The van der Waals surface area contributed by atoms with Gasteiger partial charge in [0, 0.05) is 21.7 Å². The number of hydrogen-bond acceptors (Lipinski definition) is 7. The summed E-state index contributed by atoms with van der Waals surface area (Å²) in [6.45, 7) is 0.182. The molecule has 0 unspecified atom stereocenters. The van der Waals surface area contributed by atoms with E-state index in [0.717, 1.165) is 5.56 Å². The molecule has 164 valence electrons. The van der Waals surface area contributed by atoms with Gasteiger partial charge in [-0.2, -0.15) is 10.5 Å². The number of benzene rings is 3. The summed E-state index contributed by atoms with van der Waals surface area (Å²) in [5.74, 6) is 0.741. The van der Waals surface area contributed by atoms with E-state index in [2.05, 4.69) is 28.1 Å². The lowest BCUT2D eigenvalue weighted by molar-refractivity contribution is 0.284. The van der Waals surface area contributed by atoms with Crippen LogP contribution >= 0.6 is 15.9 Å². The zero-order valence-corrected chi connectivity index (χ0v) is 19.1. The fourth-order valence-electron chi connectivity index (χ4n) is 3.72. The van der Waals surface area contributed by atoms with Crippen molar-refractivity contribution >= 4 is 15.9 Å². The van der Waals surface area contributed by atoms with Gasteiger partial charge in [-0.15, -0.1) is 0 Å². The van der Waals surface area contributed by atoms with E-state index >= 15 is 0 Å². The first kappa shape index (κ1) is 22.1. The molecule has 3 aromatic rings. The van der Waals surface area contributed by atoms with Gasteiger partial charge >= 0.3 is 0 Å². The highest BCUT2D eigenvalue weighted by atomic mass is 79.9. The second kappa shape index (κ2) is 9.15. The predicted molar refractivity (Wildman–Crippen MR) is 124 cm³/mol. The number of rotatable bonds is 5. The minimum atomic E-state index is -0.545. The van der Waals surface area contributed by atoms with Crippen molar-refractivity contribution in [2.75, 3.05) is 7.11 Å². The smallest absolute Gasteiger partial charge is 0.205 e. The lowest BCUT2D eigenvalue weighted by Crippen LogP contribution is -2.21. The van der Waals surface area contributed by atoms with Crippen LogP contribution in [0.3, 0.4) is 0 Å². The fourth-order valence-corrected chi connectivity index (χ4v) is 4.27. The highest BCUT2D eigenvalue weighted by molar-refractivity contribution is 9.10. The molecule has 0 spiro atoms. The average molecular weight is 504 g/mol. The third-order valence-electron chi connectivity index (χ3n) is 5.32. The van der Waals surface area contributed by atoms with Crippen LogP contribution in [0, 0.1) is 22.7 Å². The second-order valence-corrected chi connectivity index (χ2v) is 8.08. The van der Waals surface area contributed by atoms with Gasteiger partial charge < -0.3 is 25.1 Å². The highest BCUT2D eigenvalue weighted by Crippen LogP contribution is 2.47. The van der Waals surface area contributed by atoms with Crippen molar-refractivity contribution in [3.63, 3.8) is 0 Å². The predicted octanol–water partition coefficient (Wildman–Crippen LogP) is 4.83. The third-order valence-corrected chi connectivity index (χ3v) is 6.00. The normalized spacial score (nSPS) is 14.5. The van der Waals surface area contributed by atoms with Crippen molar-refractivity contribution in [1.82, 2.24) is 0 Å². The van der Waals surface area contributed by atoms with E-state index in [9.17, 15) is 15.6 Å². The zero-order valence-electron chi connectivity index (χ0n) is 17.5. The summed E-state index contributed by atoms with van der Waals surface area (Å²) < 4.78 is 17.8. The Hall–Kier alpha value is -4.14. The molecule has 3 aromatic carbocycles. The number of methoxy groups -OCH3 is 1. The summed E-state index contributed by atoms with van der Waals surface area (Å²) in [6.07, 6.45) is 0. The molecule has 0 fully saturated rings. The molecule has 1 atom stereocenters. The monoisotopic (exact) mass is 503 g/mol. The van der Waals surface area contributed by atoms with Gasteiger partial charge in [-0.25, -0.2) is 0 Å². The maximum absolute atomic E-state index is 9.85. The summed E-state index contributed by atoms with van der Waals surface area (Å²) in [5, 5.41) is 28.9. The number of hydrogen-bond donors (Lipinski definition) is 2. The van der Waals surface area contributed by atoms with Crippen LogP contribution in [0.15, 0.2) is 70.5 Å². The van der Waals surface area contributed by atoms with E-state index in [1.54, 1.807) is 30.3 Å². The molecule has 8 heteroatoms. The van der Waals surface area contributed by atoms with Crippen molar-refractivity contribution in [2.45, 2.75) is 12.5 Å². The molecule has 0 saturated carbocycles. The standard InChI is InChI=1S/C25H18BrN3O4/c1-31-22-9-18(20(26)10-23(22)32-13-15-5-3-2-4-14(15)11-27)24-17-7-6-16(30)8-21(17)33-25(29)19(24)12-28/h2-10,24,30H,13,29H2,1H3/t24-/m0/s1. The topological polar surface area (TPSA) is 122 Å². The van der Waals surface area contributed by atoms with Gasteiger partial charge in [0.2, 0.25) is 5.88 Å². The number of fused-ring (bicyclic) bond motifs is 1. The Morgan fingerprint density at radius 1 is 1.06 bits per heavy atom. The Morgan fingerprint density at radius 3 is 2.58 bits per heavy atom. The van der Waals surface area contributed by atoms with Crippen molar-refractivity contribution in [2.24, 2.45) is 5.73 Å². The Kier molecular flexibility index (Phi) is 6.12. The molecule has 0 aliphatic carbocycles. The summed E-state index contributed by atoms with van der Waals surface area (Å²) in [7, 11) is 1.52. The molecule has 4 rings (SSSR count). The minimum absolute atomic E-state index is 0.0266. The first-order valence-electron chi connectivity index (χ1n) is 9.85. The maximum atomic E-state index is 9.85. The van der Waals surface area contributed by atoms with Gasteiger partial charge in [-0.3, -0.25) is 0 Å². The van der Waals surface area contributed by atoms with Crippen LogP contribution in [0.5, 0.6) is 23.0 Å². The zero-order chi connectivity index (χ0) is 23.5. The van der Waals surface area contributed by atoms with E-state index in [4.69, 9.17) is 19.9 Å². The van der Waals surface area contributed by atoms with E-state index < -0.39 is 5.92 Å². The van der Waals surface area contributed by atoms with Crippen molar-refractivity contribution in [3.05, 3.63) is 92.8 Å². The summed E-state index contributed by atoms with van der Waals surface area (Å²) in [4.78, 5) is 0. The molecular formula is C25H18BrN3O4. The molecule has 33 heavy (non-hydrogen) atoms. The van der Waals surface area contributed by atoms with E-state index in [1.807, 2.05) is 12.1 Å². The quantitative estimate of drug-likeness (QED) is 0.510. The van der Waals surface area contributed by atoms with Crippen molar-refractivity contribution in [3.8, 4) is 35.1 Å². The number of nitrogens with zero attached hydrogens (tertiary/aromatic N) is 2. The lowest BCUT2D eigenvalue weighted by atomic mass is 9.83. The minimum Gasteiger partial charge on any atom is -0.508 e. The SMILES string of the molecule is COc1cc([C@H]2C(C#N)=C(N)Oc3cc(O)ccc32)c(Br)cc1OCc1ccccc1C#N. The van der Waals surface area contributed by atoms with Crippen LogP contribution < -0.4 is 19.9 Å². The molecule has 0 saturated heterocycles. The molecule has 3 N–H and O–H groups in total. The Balaban J connectivity index is 1.76. The Labute approximate surface area is 199 Å². The molecule has 0 bridgehead atoms. The van der Waals surface area contributed by atoms with Crippen molar-refractivity contribution < 1.29 is 19.3 Å². The van der Waals surface area contributed by atoms with Gasteiger partial charge in [0.15, 0.2) is 11.5 Å². The number of nitrogens with two attached hydrogens (primary N) is 1. The first-order valence-corrected chi connectivity index (χ1v) is 10.6. The van der Waals surface area contributed by atoms with E-state index in [0.29, 0.717) is 38.4 Å².